The van der Waals surface area contributed by atoms with Crippen molar-refractivity contribution in [2.45, 2.75) is 20.0 Å². The number of anilines is 1. The van der Waals surface area contributed by atoms with Crippen LogP contribution in [0.1, 0.15) is 24.5 Å². The van der Waals surface area contributed by atoms with Crippen molar-refractivity contribution < 1.29 is 9.53 Å². The van der Waals surface area contributed by atoms with Crippen LogP contribution in [0.5, 0.6) is 5.75 Å². The van der Waals surface area contributed by atoms with Gasteiger partial charge in [0.25, 0.3) is 0 Å². The number of rotatable bonds is 6. The lowest BCUT2D eigenvalue weighted by Gasteiger charge is -2.10. The van der Waals surface area contributed by atoms with E-state index in [4.69, 9.17) is 10.00 Å². The molecule has 118 valence electrons. The molecule has 23 heavy (non-hydrogen) atoms. The summed E-state index contributed by atoms with van der Waals surface area (Å²) < 4.78 is 5.71. The van der Waals surface area contributed by atoms with E-state index in [0.717, 1.165) is 12.0 Å². The van der Waals surface area contributed by atoms with Gasteiger partial charge in [0.05, 0.1) is 11.6 Å². The minimum Gasteiger partial charge on any atom is -0.489 e. The summed E-state index contributed by atoms with van der Waals surface area (Å²) >= 11 is 0. The molecule has 2 amide bonds. The second kappa shape index (κ2) is 8.44. The Bertz CT molecular complexity index is 690. The average molecular weight is 309 g/mol. The molecule has 0 aliphatic carbocycles. The van der Waals surface area contributed by atoms with Crippen LogP contribution < -0.4 is 15.4 Å². The Labute approximate surface area is 135 Å². The molecular weight excluding hydrogens is 290 g/mol. The Morgan fingerprint density at radius 1 is 1.22 bits per heavy atom. The molecule has 2 N–H and O–H groups in total. The van der Waals surface area contributed by atoms with Crippen LogP contribution in [-0.4, -0.2) is 12.6 Å². The van der Waals surface area contributed by atoms with Gasteiger partial charge in [-0.15, -0.1) is 0 Å². The van der Waals surface area contributed by atoms with Gasteiger partial charge in [-0.2, -0.15) is 5.26 Å². The number of hydrogen-bond donors (Lipinski definition) is 2. The maximum Gasteiger partial charge on any atom is 0.319 e. The lowest BCUT2D eigenvalue weighted by atomic mass is 10.1. The third kappa shape index (κ3) is 5.36. The van der Waals surface area contributed by atoms with Crippen LogP contribution >= 0.6 is 0 Å². The number of ether oxygens (including phenoxy) is 1. The SMILES string of the molecule is CCCNC(=O)Nc1cccc(OCc2ccc(C#N)cc2)c1. The van der Waals surface area contributed by atoms with E-state index in [1.54, 1.807) is 24.3 Å². The number of carbonyl (C=O) groups excluding carboxylic acids is 1. The minimum absolute atomic E-state index is 0.226. The summed E-state index contributed by atoms with van der Waals surface area (Å²) in [5.41, 5.74) is 2.28. The van der Waals surface area contributed by atoms with E-state index >= 15 is 0 Å². The number of amides is 2. The Morgan fingerprint density at radius 3 is 2.70 bits per heavy atom. The number of hydrogen-bond acceptors (Lipinski definition) is 3. The van der Waals surface area contributed by atoms with Gasteiger partial charge >= 0.3 is 6.03 Å². The highest BCUT2D eigenvalue weighted by Crippen LogP contribution is 2.18. The van der Waals surface area contributed by atoms with Gasteiger partial charge in [-0.25, -0.2) is 4.79 Å². The Kier molecular flexibility index (Phi) is 6.01. The smallest absolute Gasteiger partial charge is 0.319 e. The molecule has 5 nitrogen and oxygen atoms in total. The number of nitriles is 1. The molecule has 0 aliphatic rings. The molecule has 2 aromatic carbocycles. The van der Waals surface area contributed by atoms with Crippen molar-refractivity contribution in [3.8, 4) is 11.8 Å². The molecule has 0 bridgehead atoms. The fourth-order valence-electron chi connectivity index (χ4n) is 1.92. The summed E-state index contributed by atoms with van der Waals surface area (Å²) in [5, 5.41) is 14.3. The third-order valence-corrected chi connectivity index (χ3v) is 3.12. The van der Waals surface area contributed by atoms with Crippen molar-refractivity contribution in [1.29, 1.82) is 5.26 Å². The summed E-state index contributed by atoms with van der Waals surface area (Å²) in [7, 11) is 0. The predicted octanol–water partition coefficient (Wildman–Crippen LogP) is 3.67. The molecule has 0 aliphatic heterocycles. The van der Waals surface area contributed by atoms with E-state index in [2.05, 4.69) is 16.7 Å². The molecule has 2 aromatic rings. The Balaban J connectivity index is 1.91. The van der Waals surface area contributed by atoms with Crippen LogP contribution in [-0.2, 0) is 6.61 Å². The van der Waals surface area contributed by atoms with Crippen molar-refractivity contribution in [3.05, 3.63) is 59.7 Å². The second-order valence-electron chi connectivity index (χ2n) is 5.01. The van der Waals surface area contributed by atoms with Crippen LogP contribution in [0.15, 0.2) is 48.5 Å². The summed E-state index contributed by atoms with van der Waals surface area (Å²) in [5.74, 6) is 0.669. The van der Waals surface area contributed by atoms with E-state index in [-0.39, 0.29) is 6.03 Å². The zero-order valence-corrected chi connectivity index (χ0v) is 13.0. The van der Waals surface area contributed by atoms with Crippen molar-refractivity contribution >= 4 is 11.7 Å². The third-order valence-electron chi connectivity index (χ3n) is 3.12. The highest BCUT2D eigenvalue weighted by molar-refractivity contribution is 5.89. The average Bonchev–Trinajstić information content (AvgIpc) is 2.59. The lowest BCUT2D eigenvalue weighted by molar-refractivity contribution is 0.252. The van der Waals surface area contributed by atoms with Crippen molar-refractivity contribution in [3.63, 3.8) is 0 Å². The van der Waals surface area contributed by atoms with Gasteiger partial charge in [-0.05, 0) is 36.2 Å². The highest BCUT2D eigenvalue weighted by Gasteiger charge is 2.02. The number of nitrogens with zero attached hydrogens (tertiary/aromatic N) is 1. The molecule has 0 unspecified atom stereocenters. The molecule has 0 saturated carbocycles. The van der Waals surface area contributed by atoms with Crippen molar-refractivity contribution in [2.24, 2.45) is 0 Å². The number of benzene rings is 2. The summed E-state index contributed by atoms with van der Waals surface area (Å²) in [6.45, 7) is 3.04. The number of carbonyl (C=O) groups is 1. The Hall–Kier alpha value is -3.00. The first-order chi connectivity index (χ1) is 11.2. The van der Waals surface area contributed by atoms with Crippen LogP contribution in [0.2, 0.25) is 0 Å². The van der Waals surface area contributed by atoms with Crippen LogP contribution in [0, 0.1) is 11.3 Å². The topological polar surface area (TPSA) is 74.2 Å². The van der Waals surface area contributed by atoms with Crippen molar-refractivity contribution in [2.75, 3.05) is 11.9 Å². The minimum atomic E-state index is -0.226. The van der Waals surface area contributed by atoms with Crippen LogP contribution in [0.4, 0.5) is 10.5 Å². The van der Waals surface area contributed by atoms with Gasteiger partial charge in [0.1, 0.15) is 12.4 Å². The first-order valence-corrected chi connectivity index (χ1v) is 7.48. The lowest BCUT2D eigenvalue weighted by Crippen LogP contribution is -2.29. The predicted molar refractivity (Wildman–Crippen MR) is 89.2 cm³/mol. The van der Waals surface area contributed by atoms with Gasteiger partial charge in [-0.3, -0.25) is 0 Å². The first kappa shape index (κ1) is 16.4. The standard InChI is InChI=1S/C18H19N3O2/c1-2-10-20-18(22)21-16-4-3-5-17(11-16)23-13-15-8-6-14(12-19)7-9-15/h3-9,11H,2,10,13H2,1H3,(H2,20,21,22). The monoisotopic (exact) mass is 309 g/mol. The molecule has 5 heteroatoms. The van der Waals surface area contributed by atoms with E-state index in [1.165, 1.54) is 0 Å². The zero-order valence-electron chi connectivity index (χ0n) is 13.0. The molecule has 0 heterocycles. The number of urea groups is 1. The second-order valence-corrected chi connectivity index (χ2v) is 5.01. The Morgan fingerprint density at radius 2 is 2.00 bits per heavy atom. The molecule has 0 radical (unpaired) electrons. The highest BCUT2D eigenvalue weighted by atomic mass is 16.5. The van der Waals surface area contributed by atoms with Crippen LogP contribution in [0.3, 0.4) is 0 Å². The summed E-state index contributed by atoms with van der Waals surface area (Å²) in [4.78, 5) is 11.6. The maximum atomic E-state index is 11.6. The van der Waals surface area contributed by atoms with Gasteiger partial charge in [-0.1, -0.05) is 25.1 Å². The molecule has 2 rings (SSSR count). The molecule has 0 aromatic heterocycles. The van der Waals surface area contributed by atoms with E-state index in [1.807, 2.05) is 31.2 Å². The van der Waals surface area contributed by atoms with Gasteiger partial charge in [0.2, 0.25) is 0 Å². The first-order valence-electron chi connectivity index (χ1n) is 7.48. The fourth-order valence-corrected chi connectivity index (χ4v) is 1.92. The zero-order chi connectivity index (χ0) is 16.5. The quantitative estimate of drug-likeness (QED) is 0.855. The van der Waals surface area contributed by atoms with Gasteiger partial charge < -0.3 is 15.4 Å². The maximum absolute atomic E-state index is 11.6. The van der Waals surface area contributed by atoms with E-state index < -0.39 is 0 Å². The van der Waals surface area contributed by atoms with E-state index in [0.29, 0.717) is 30.2 Å². The van der Waals surface area contributed by atoms with Crippen molar-refractivity contribution in [1.82, 2.24) is 5.32 Å². The van der Waals surface area contributed by atoms with Gasteiger partial charge in [0.15, 0.2) is 0 Å². The molecule has 0 fully saturated rings. The molecule has 0 spiro atoms. The molecule has 0 atom stereocenters. The summed E-state index contributed by atoms with van der Waals surface area (Å²) in [6.07, 6.45) is 0.890. The largest absolute Gasteiger partial charge is 0.489 e. The van der Waals surface area contributed by atoms with Crippen LogP contribution in [0.25, 0.3) is 0 Å². The summed E-state index contributed by atoms with van der Waals surface area (Å²) in [6, 6.07) is 16.3. The molecular formula is C18H19N3O2. The molecule has 0 saturated heterocycles. The van der Waals surface area contributed by atoms with Gasteiger partial charge in [0, 0.05) is 18.3 Å². The fraction of sp³-hybridized carbons (Fsp3) is 0.222. The normalized spacial score (nSPS) is 9.74. The van der Waals surface area contributed by atoms with E-state index in [9.17, 15) is 4.79 Å². The number of nitrogens with one attached hydrogen (secondary N) is 2.